The van der Waals surface area contributed by atoms with Gasteiger partial charge >= 0.3 is 5.97 Å². The molecular formula is C21H22Br2N2O5. The lowest BCUT2D eigenvalue weighted by molar-refractivity contribution is -0.154. The van der Waals surface area contributed by atoms with Crippen molar-refractivity contribution in [3.8, 4) is 0 Å². The highest BCUT2D eigenvalue weighted by molar-refractivity contribution is 9.12. The largest absolute Gasteiger partial charge is 0.454 e. The number of esters is 1. The standard InChI is InChI=1S/C21H22Br2N2O5/c1-9-4-3-5-13(10(9)2)24-14(26)8-30-15(27)7-25-20(28)16-11-6-12(17(16)21(25)29)19(23)18(11)22/h3-5,11-12,16-19H,6-8H2,1-2H3,(H,24,26)/t11-,12-,16-,17+,18-,19+/m1/s1. The Balaban J connectivity index is 1.33. The second kappa shape index (κ2) is 8.07. The van der Waals surface area contributed by atoms with Crippen molar-refractivity contribution < 1.29 is 23.9 Å². The second-order valence-electron chi connectivity index (χ2n) is 8.22. The van der Waals surface area contributed by atoms with Crippen LogP contribution in [-0.4, -0.2) is 51.4 Å². The summed E-state index contributed by atoms with van der Waals surface area (Å²) in [6, 6.07) is 5.53. The molecule has 1 aliphatic heterocycles. The lowest BCUT2D eigenvalue weighted by Gasteiger charge is -2.28. The number of hydrogen-bond donors (Lipinski definition) is 1. The van der Waals surface area contributed by atoms with E-state index in [9.17, 15) is 19.2 Å². The molecular weight excluding hydrogens is 520 g/mol. The van der Waals surface area contributed by atoms with Crippen LogP contribution >= 0.6 is 31.9 Å². The highest BCUT2D eigenvalue weighted by atomic mass is 79.9. The van der Waals surface area contributed by atoms with E-state index < -0.39 is 25.0 Å². The van der Waals surface area contributed by atoms with Crippen LogP contribution in [-0.2, 0) is 23.9 Å². The van der Waals surface area contributed by atoms with E-state index in [0.717, 1.165) is 22.4 Å². The SMILES string of the molecule is Cc1cccc(NC(=O)COC(=O)CN2C(=O)[C@@H]3[C@H]4C[C@@H]([C@H](Br)[C@@H]4Br)[C@@H]3C2=O)c1C. The predicted molar refractivity (Wildman–Crippen MR) is 116 cm³/mol. The van der Waals surface area contributed by atoms with Crippen LogP contribution in [0.5, 0.6) is 0 Å². The first-order valence-electron chi connectivity index (χ1n) is 9.85. The van der Waals surface area contributed by atoms with Crippen LogP contribution in [0.1, 0.15) is 17.5 Å². The van der Waals surface area contributed by atoms with Gasteiger partial charge in [-0.1, -0.05) is 44.0 Å². The predicted octanol–water partition coefficient (Wildman–Crippen LogP) is 2.56. The van der Waals surface area contributed by atoms with Gasteiger partial charge in [0.25, 0.3) is 5.91 Å². The van der Waals surface area contributed by atoms with E-state index in [0.29, 0.717) is 5.69 Å². The molecule has 1 N–H and O–H groups in total. The van der Waals surface area contributed by atoms with Gasteiger partial charge < -0.3 is 10.1 Å². The molecule has 7 nitrogen and oxygen atoms in total. The number of rotatable bonds is 5. The molecule has 0 aromatic heterocycles. The molecule has 0 radical (unpaired) electrons. The van der Waals surface area contributed by atoms with Gasteiger partial charge in [0.05, 0.1) is 11.8 Å². The molecule has 0 unspecified atom stereocenters. The average molecular weight is 542 g/mol. The molecule has 9 heteroatoms. The summed E-state index contributed by atoms with van der Waals surface area (Å²) < 4.78 is 5.02. The van der Waals surface area contributed by atoms with Gasteiger partial charge in [-0.3, -0.25) is 24.1 Å². The third-order valence-electron chi connectivity index (χ3n) is 6.61. The molecule has 3 amide bonds. The van der Waals surface area contributed by atoms with Gasteiger partial charge in [0.1, 0.15) is 6.54 Å². The van der Waals surface area contributed by atoms with Crippen LogP contribution in [0.3, 0.4) is 0 Å². The second-order valence-corrected chi connectivity index (χ2v) is 10.3. The normalized spacial score (nSPS) is 31.8. The Kier molecular flexibility index (Phi) is 5.78. The van der Waals surface area contributed by atoms with Crippen LogP contribution in [0.2, 0.25) is 0 Å². The highest BCUT2D eigenvalue weighted by Crippen LogP contribution is 2.60. The molecule has 160 valence electrons. The molecule has 1 saturated heterocycles. The van der Waals surface area contributed by atoms with Crippen LogP contribution in [0.15, 0.2) is 18.2 Å². The summed E-state index contributed by atoms with van der Waals surface area (Å²) in [4.78, 5) is 51.2. The average Bonchev–Trinajstić information content (AvgIpc) is 3.31. The number of ether oxygens (including phenoxy) is 1. The molecule has 1 aromatic rings. The number of hydrogen-bond acceptors (Lipinski definition) is 5. The summed E-state index contributed by atoms with van der Waals surface area (Å²) >= 11 is 7.26. The quantitative estimate of drug-likeness (QED) is 0.351. The van der Waals surface area contributed by atoms with Gasteiger partial charge in [0, 0.05) is 15.3 Å². The number of fused-ring (bicyclic) bond motifs is 5. The van der Waals surface area contributed by atoms with Gasteiger partial charge in [0.15, 0.2) is 6.61 Å². The van der Waals surface area contributed by atoms with E-state index in [1.54, 1.807) is 6.07 Å². The lowest BCUT2D eigenvalue weighted by atomic mass is 9.81. The first-order valence-corrected chi connectivity index (χ1v) is 11.7. The number of anilines is 1. The summed E-state index contributed by atoms with van der Waals surface area (Å²) in [6.45, 7) is 2.89. The Morgan fingerprint density at radius 1 is 1.10 bits per heavy atom. The fourth-order valence-corrected chi connectivity index (χ4v) is 6.83. The summed E-state index contributed by atoms with van der Waals surface area (Å²) in [5.74, 6) is -2.44. The number of nitrogens with one attached hydrogen (secondary N) is 1. The third-order valence-corrected chi connectivity index (χ3v) is 9.82. The zero-order valence-electron chi connectivity index (χ0n) is 16.6. The van der Waals surface area contributed by atoms with E-state index >= 15 is 0 Å². The fraction of sp³-hybridized carbons (Fsp3) is 0.524. The van der Waals surface area contributed by atoms with E-state index in [4.69, 9.17) is 4.74 Å². The maximum Gasteiger partial charge on any atom is 0.326 e. The number of aryl methyl sites for hydroxylation is 1. The number of carbonyl (C=O) groups is 4. The minimum Gasteiger partial charge on any atom is -0.454 e. The minimum atomic E-state index is -0.772. The number of nitrogens with zero attached hydrogens (tertiary/aromatic N) is 1. The minimum absolute atomic E-state index is 0.0881. The van der Waals surface area contributed by atoms with Crippen LogP contribution in [0, 0.1) is 37.5 Å². The van der Waals surface area contributed by atoms with E-state index in [-0.39, 0.29) is 45.1 Å². The number of imide groups is 1. The molecule has 6 atom stereocenters. The molecule has 3 aliphatic rings. The van der Waals surface area contributed by atoms with Crippen molar-refractivity contribution in [3.63, 3.8) is 0 Å². The van der Waals surface area contributed by atoms with E-state index in [1.807, 2.05) is 26.0 Å². The van der Waals surface area contributed by atoms with Crippen molar-refractivity contribution in [1.29, 1.82) is 0 Å². The molecule has 2 saturated carbocycles. The van der Waals surface area contributed by atoms with Gasteiger partial charge in [0.2, 0.25) is 11.8 Å². The third kappa shape index (κ3) is 3.49. The monoisotopic (exact) mass is 540 g/mol. The van der Waals surface area contributed by atoms with Crippen molar-refractivity contribution in [3.05, 3.63) is 29.3 Å². The molecule has 2 aliphatic carbocycles. The summed E-state index contributed by atoms with van der Waals surface area (Å²) in [5, 5.41) is 2.71. The van der Waals surface area contributed by atoms with Crippen molar-refractivity contribution in [2.45, 2.75) is 29.9 Å². The van der Waals surface area contributed by atoms with E-state index in [2.05, 4.69) is 37.2 Å². The zero-order valence-corrected chi connectivity index (χ0v) is 19.7. The van der Waals surface area contributed by atoms with Crippen LogP contribution in [0.4, 0.5) is 5.69 Å². The highest BCUT2D eigenvalue weighted by Gasteiger charge is 2.66. The van der Waals surface area contributed by atoms with Gasteiger partial charge in [-0.2, -0.15) is 0 Å². The van der Waals surface area contributed by atoms with Crippen LogP contribution in [0.25, 0.3) is 0 Å². The molecule has 3 fully saturated rings. The first kappa shape index (κ1) is 21.5. The molecule has 0 spiro atoms. The van der Waals surface area contributed by atoms with Gasteiger partial charge in [-0.25, -0.2) is 0 Å². The van der Waals surface area contributed by atoms with Crippen molar-refractivity contribution >= 4 is 61.2 Å². The van der Waals surface area contributed by atoms with Crippen molar-refractivity contribution in [2.24, 2.45) is 23.7 Å². The molecule has 1 aromatic carbocycles. The maximum absolute atomic E-state index is 12.8. The Morgan fingerprint density at radius 2 is 1.70 bits per heavy atom. The van der Waals surface area contributed by atoms with Crippen molar-refractivity contribution in [2.75, 3.05) is 18.5 Å². The smallest absolute Gasteiger partial charge is 0.326 e. The molecule has 2 bridgehead atoms. The Morgan fingerprint density at radius 3 is 2.30 bits per heavy atom. The van der Waals surface area contributed by atoms with Crippen molar-refractivity contribution in [1.82, 2.24) is 4.90 Å². The molecule has 30 heavy (non-hydrogen) atoms. The van der Waals surface area contributed by atoms with Gasteiger partial charge in [-0.15, -0.1) is 0 Å². The van der Waals surface area contributed by atoms with E-state index in [1.165, 1.54) is 0 Å². The first-order chi connectivity index (χ1) is 14.2. The number of benzene rings is 1. The Labute approximate surface area is 191 Å². The van der Waals surface area contributed by atoms with Gasteiger partial charge in [-0.05, 0) is 49.3 Å². The number of carbonyl (C=O) groups excluding carboxylic acids is 4. The Hall–Kier alpha value is -1.74. The number of alkyl halides is 2. The number of amides is 3. The zero-order chi connectivity index (χ0) is 21.7. The molecule has 1 heterocycles. The summed E-state index contributed by atoms with van der Waals surface area (Å²) in [6.07, 6.45) is 0.829. The lowest BCUT2D eigenvalue weighted by Crippen LogP contribution is -2.38. The topological polar surface area (TPSA) is 92.8 Å². The number of halogens is 2. The van der Waals surface area contributed by atoms with Crippen LogP contribution < -0.4 is 5.32 Å². The molecule has 4 rings (SSSR count). The summed E-state index contributed by atoms with van der Waals surface area (Å²) in [7, 11) is 0. The number of likely N-dealkylation sites (tertiary alicyclic amines) is 1. The Bertz CT molecular complexity index is 904. The maximum atomic E-state index is 12.8. The summed E-state index contributed by atoms with van der Waals surface area (Å²) in [5.41, 5.74) is 2.62. The fourth-order valence-electron chi connectivity index (χ4n) is 4.96.